The van der Waals surface area contributed by atoms with Gasteiger partial charge in [0.05, 0.1) is 23.8 Å². The highest BCUT2D eigenvalue weighted by Crippen LogP contribution is 2.19. The van der Waals surface area contributed by atoms with Crippen molar-refractivity contribution in [3.05, 3.63) is 65.2 Å². The predicted molar refractivity (Wildman–Crippen MR) is 80.5 cm³/mol. The Balaban J connectivity index is 2.14. The number of benzene rings is 2. The molecule has 0 amide bonds. The lowest BCUT2D eigenvalue weighted by Gasteiger charge is -2.09. The number of hydrogen-bond acceptors (Lipinski definition) is 3. The molecule has 2 rings (SSSR count). The lowest BCUT2D eigenvalue weighted by atomic mass is 10.1. The van der Waals surface area contributed by atoms with Crippen molar-refractivity contribution in [1.29, 1.82) is 5.26 Å². The highest BCUT2D eigenvalue weighted by Gasteiger charge is 2.04. The van der Waals surface area contributed by atoms with E-state index in [1.54, 1.807) is 6.07 Å². The number of rotatable bonds is 4. The van der Waals surface area contributed by atoms with Gasteiger partial charge in [-0.15, -0.1) is 0 Å². The Morgan fingerprint density at radius 2 is 1.71 bits per heavy atom. The highest BCUT2D eigenvalue weighted by molar-refractivity contribution is 5.46. The number of ether oxygens (including phenoxy) is 1. The fourth-order valence-electron chi connectivity index (χ4n) is 1.82. The van der Waals surface area contributed by atoms with Crippen LogP contribution in [0.25, 0.3) is 0 Å². The minimum atomic E-state index is 0.0472. The molecule has 0 bridgehead atoms. The molecule has 2 aromatic rings. The minimum absolute atomic E-state index is 0.0472. The molecule has 0 spiro atoms. The van der Waals surface area contributed by atoms with Gasteiger partial charge in [-0.2, -0.15) is 5.26 Å². The molecule has 0 radical (unpaired) electrons. The summed E-state index contributed by atoms with van der Waals surface area (Å²) < 4.78 is 5.78. The fraction of sp³-hybridized carbons (Fsp3) is 0.167. The Kier molecular flexibility index (Phi) is 5.41. The van der Waals surface area contributed by atoms with Gasteiger partial charge in [-0.05, 0) is 18.2 Å². The van der Waals surface area contributed by atoms with Crippen molar-refractivity contribution >= 4 is 0 Å². The summed E-state index contributed by atoms with van der Waals surface area (Å²) in [6.07, 6.45) is 0.436. The van der Waals surface area contributed by atoms with Crippen LogP contribution in [0.3, 0.4) is 0 Å². The molecular weight excluding hydrogens is 262 g/mol. The molecule has 0 unspecified atom stereocenters. The number of nitriles is 1. The van der Waals surface area contributed by atoms with Crippen LogP contribution >= 0.6 is 0 Å². The quantitative estimate of drug-likeness (QED) is 0.874. The predicted octanol–water partition coefficient (Wildman–Crippen LogP) is 2.87. The topological polar surface area (TPSA) is 53.2 Å². The van der Waals surface area contributed by atoms with Crippen molar-refractivity contribution in [3.63, 3.8) is 0 Å². The SMILES string of the molecule is N#Cc1ccccc1COc1ccccc1C#CCCO. The smallest absolute Gasteiger partial charge is 0.135 e. The number of aliphatic hydroxyl groups is 1. The maximum Gasteiger partial charge on any atom is 0.135 e. The van der Waals surface area contributed by atoms with Gasteiger partial charge in [0.15, 0.2) is 0 Å². The van der Waals surface area contributed by atoms with Gasteiger partial charge in [-0.3, -0.25) is 0 Å². The van der Waals surface area contributed by atoms with Crippen LogP contribution in [0, 0.1) is 23.2 Å². The van der Waals surface area contributed by atoms with Crippen molar-refractivity contribution in [1.82, 2.24) is 0 Å². The summed E-state index contributed by atoms with van der Waals surface area (Å²) >= 11 is 0. The van der Waals surface area contributed by atoms with Crippen LogP contribution < -0.4 is 4.74 Å². The van der Waals surface area contributed by atoms with E-state index in [0.29, 0.717) is 24.3 Å². The second-order valence-corrected chi connectivity index (χ2v) is 4.33. The van der Waals surface area contributed by atoms with E-state index in [-0.39, 0.29) is 6.61 Å². The van der Waals surface area contributed by atoms with Gasteiger partial charge in [-0.1, -0.05) is 42.2 Å². The molecule has 0 aliphatic heterocycles. The molecule has 3 nitrogen and oxygen atoms in total. The highest BCUT2D eigenvalue weighted by atomic mass is 16.5. The van der Waals surface area contributed by atoms with Crippen LogP contribution in [-0.4, -0.2) is 11.7 Å². The van der Waals surface area contributed by atoms with E-state index in [2.05, 4.69) is 17.9 Å². The molecule has 0 fully saturated rings. The van der Waals surface area contributed by atoms with E-state index >= 15 is 0 Å². The first-order valence-corrected chi connectivity index (χ1v) is 6.64. The molecule has 3 heteroatoms. The summed E-state index contributed by atoms with van der Waals surface area (Å²) in [6.45, 7) is 0.369. The van der Waals surface area contributed by atoms with Crippen molar-refractivity contribution in [2.75, 3.05) is 6.61 Å². The van der Waals surface area contributed by atoms with Crippen molar-refractivity contribution in [3.8, 4) is 23.7 Å². The summed E-state index contributed by atoms with van der Waals surface area (Å²) in [4.78, 5) is 0. The molecule has 0 saturated heterocycles. The van der Waals surface area contributed by atoms with E-state index in [4.69, 9.17) is 15.1 Å². The van der Waals surface area contributed by atoms with Gasteiger partial charge >= 0.3 is 0 Å². The molecule has 0 heterocycles. The molecule has 2 aromatic carbocycles. The molecule has 0 atom stereocenters. The first kappa shape index (κ1) is 14.7. The maximum absolute atomic E-state index is 9.06. The van der Waals surface area contributed by atoms with Crippen LogP contribution in [0.1, 0.15) is 23.1 Å². The van der Waals surface area contributed by atoms with Crippen molar-refractivity contribution < 1.29 is 9.84 Å². The lowest BCUT2D eigenvalue weighted by Crippen LogP contribution is -1.99. The average molecular weight is 277 g/mol. The third kappa shape index (κ3) is 4.11. The van der Waals surface area contributed by atoms with Crippen molar-refractivity contribution in [2.45, 2.75) is 13.0 Å². The summed E-state index contributed by atoms with van der Waals surface area (Å²) in [7, 11) is 0. The van der Waals surface area contributed by atoms with Crippen LogP contribution in [0.2, 0.25) is 0 Å². The molecule has 0 saturated carbocycles. The van der Waals surface area contributed by atoms with Gasteiger partial charge in [-0.25, -0.2) is 0 Å². The largest absolute Gasteiger partial charge is 0.488 e. The Morgan fingerprint density at radius 1 is 1.00 bits per heavy atom. The summed E-state index contributed by atoms with van der Waals surface area (Å²) in [5, 5.41) is 17.8. The zero-order chi connectivity index (χ0) is 14.9. The third-order valence-electron chi connectivity index (χ3n) is 2.87. The lowest BCUT2D eigenvalue weighted by molar-refractivity contribution is 0.304. The molecular formula is C18H15NO2. The zero-order valence-electron chi connectivity index (χ0n) is 11.5. The van der Waals surface area contributed by atoms with E-state index in [9.17, 15) is 0 Å². The second-order valence-electron chi connectivity index (χ2n) is 4.33. The van der Waals surface area contributed by atoms with Crippen molar-refractivity contribution in [2.24, 2.45) is 0 Å². The third-order valence-corrected chi connectivity index (χ3v) is 2.87. The monoisotopic (exact) mass is 277 g/mol. The molecule has 0 aliphatic rings. The van der Waals surface area contributed by atoms with Gasteiger partial charge in [0.2, 0.25) is 0 Å². The Labute approximate surface area is 124 Å². The maximum atomic E-state index is 9.06. The van der Waals surface area contributed by atoms with E-state index < -0.39 is 0 Å². The summed E-state index contributed by atoms with van der Waals surface area (Å²) in [5.41, 5.74) is 2.24. The zero-order valence-corrected chi connectivity index (χ0v) is 11.5. The summed E-state index contributed by atoms with van der Waals surface area (Å²) in [6, 6.07) is 17.0. The number of nitrogens with zero attached hydrogens (tertiary/aromatic N) is 1. The Bertz CT molecular complexity index is 705. The van der Waals surface area contributed by atoms with Crippen LogP contribution in [0.5, 0.6) is 5.75 Å². The second kappa shape index (κ2) is 7.75. The Hall–Kier alpha value is -2.75. The molecule has 0 aromatic heterocycles. The summed E-state index contributed by atoms with van der Waals surface area (Å²) in [5.74, 6) is 6.54. The van der Waals surface area contributed by atoms with Gasteiger partial charge < -0.3 is 9.84 Å². The van der Waals surface area contributed by atoms with E-state index in [0.717, 1.165) is 11.1 Å². The molecule has 0 aliphatic carbocycles. The first-order valence-electron chi connectivity index (χ1n) is 6.64. The Morgan fingerprint density at radius 3 is 2.48 bits per heavy atom. The average Bonchev–Trinajstić information content (AvgIpc) is 2.54. The standard InChI is InChI=1S/C18H15NO2/c19-13-16-9-1-2-10-17(16)14-21-18-11-4-3-7-15(18)8-5-6-12-20/h1-4,7,9-11,20H,6,12,14H2. The van der Waals surface area contributed by atoms with Crippen LogP contribution in [0.15, 0.2) is 48.5 Å². The first-order chi connectivity index (χ1) is 10.3. The van der Waals surface area contributed by atoms with Crippen LogP contribution in [-0.2, 0) is 6.61 Å². The van der Waals surface area contributed by atoms with Gasteiger partial charge in [0.1, 0.15) is 12.4 Å². The van der Waals surface area contributed by atoms with Crippen LogP contribution in [0.4, 0.5) is 0 Å². The normalized spacial score (nSPS) is 9.33. The van der Waals surface area contributed by atoms with E-state index in [1.807, 2.05) is 42.5 Å². The number of hydrogen-bond donors (Lipinski definition) is 1. The van der Waals surface area contributed by atoms with E-state index in [1.165, 1.54) is 0 Å². The molecule has 21 heavy (non-hydrogen) atoms. The fourth-order valence-corrected chi connectivity index (χ4v) is 1.82. The van der Waals surface area contributed by atoms with Gasteiger partial charge in [0, 0.05) is 12.0 Å². The molecule has 104 valence electrons. The number of para-hydroxylation sites is 1. The minimum Gasteiger partial charge on any atom is -0.488 e. The van der Waals surface area contributed by atoms with Gasteiger partial charge in [0.25, 0.3) is 0 Å². The number of aliphatic hydroxyl groups excluding tert-OH is 1. The molecule has 1 N–H and O–H groups in total.